The number of halogens is 3. The normalized spacial score (nSPS) is 17.2. The quantitative estimate of drug-likeness (QED) is 0.748. The Bertz CT molecular complexity index is 682. The van der Waals surface area contributed by atoms with E-state index in [-0.39, 0.29) is 11.7 Å². The third-order valence-corrected chi connectivity index (χ3v) is 3.91. The van der Waals surface area contributed by atoms with Crippen molar-refractivity contribution in [3.05, 3.63) is 53.3 Å². The number of hydrogen-bond donors (Lipinski definition) is 0. The summed E-state index contributed by atoms with van der Waals surface area (Å²) in [5, 5.41) is 0. The van der Waals surface area contributed by atoms with Crippen molar-refractivity contribution >= 4 is 0 Å². The van der Waals surface area contributed by atoms with Crippen molar-refractivity contribution in [2.75, 3.05) is 0 Å². The lowest BCUT2D eigenvalue weighted by molar-refractivity contribution is -0.137. The lowest BCUT2D eigenvalue weighted by Crippen LogP contribution is -2.08. The molecule has 5 heteroatoms. The second kappa shape index (κ2) is 5.63. The molecule has 1 aliphatic heterocycles. The van der Waals surface area contributed by atoms with Gasteiger partial charge in [-0.25, -0.2) is 0 Å². The maximum atomic E-state index is 12.9. The third-order valence-electron chi connectivity index (χ3n) is 3.91. The molecule has 1 unspecified atom stereocenters. The zero-order chi connectivity index (χ0) is 15.7. The van der Waals surface area contributed by atoms with Crippen LogP contribution < -0.4 is 4.74 Å². The van der Waals surface area contributed by atoms with Crippen molar-refractivity contribution < 1.29 is 17.9 Å². The summed E-state index contributed by atoms with van der Waals surface area (Å²) in [4.78, 5) is 4.02. The van der Waals surface area contributed by atoms with Gasteiger partial charge in [-0.2, -0.15) is 13.2 Å². The Balaban J connectivity index is 2.07. The Morgan fingerprint density at radius 1 is 1.23 bits per heavy atom. The fourth-order valence-electron chi connectivity index (χ4n) is 2.85. The van der Waals surface area contributed by atoms with Crippen LogP contribution in [0.4, 0.5) is 13.2 Å². The Morgan fingerprint density at radius 2 is 2.00 bits per heavy atom. The van der Waals surface area contributed by atoms with E-state index in [4.69, 9.17) is 4.74 Å². The van der Waals surface area contributed by atoms with E-state index >= 15 is 0 Å². The molecule has 1 aliphatic rings. The van der Waals surface area contributed by atoms with Crippen molar-refractivity contribution in [1.82, 2.24) is 4.98 Å². The predicted molar refractivity (Wildman–Crippen MR) is 77.1 cm³/mol. The number of aromatic nitrogens is 1. The van der Waals surface area contributed by atoms with Gasteiger partial charge in [0.05, 0.1) is 11.3 Å². The summed E-state index contributed by atoms with van der Waals surface area (Å²) >= 11 is 0. The first-order valence-corrected chi connectivity index (χ1v) is 7.32. The first-order chi connectivity index (χ1) is 10.5. The largest absolute Gasteiger partial charge is 0.455 e. The van der Waals surface area contributed by atoms with Crippen LogP contribution in [0, 0.1) is 0 Å². The van der Waals surface area contributed by atoms with Crippen molar-refractivity contribution in [1.29, 1.82) is 0 Å². The minimum absolute atomic E-state index is 0.209. The van der Waals surface area contributed by atoms with Crippen LogP contribution in [0.5, 0.6) is 11.5 Å². The van der Waals surface area contributed by atoms with Crippen molar-refractivity contribution in [3.8, 4) is 11.5 Å². The lowest BCUT2D eigenvalue weighted by Gasteiger charge is -2.15. The molecule has 0 fully saturated rings. The molecule has 22 heavy (non-hydrogen) atoms. The van der Waals surface area contributed by atoms with Gasteiger partial charge in [0.15, 0.2) is 0 Å². The predicted octanol–water partition coefficient (Wildman–Crippen LogP) is 5.33. The molecule has 0 bridgehead atoms. The van der Waals surface area contributed by atoms with E-state index in [9.17, 15) is 13.2 Å². The summed E-state index contributed by atoms with van der Waals surface area (Å²) in [6.07, 6.45) is -0.989. The zero-order valence-corrected chi connectivity index (χ0v) is 12.2. The second-order valence-corrected chi connectivity index (χ2v) is 5.50. The lowest BCUT2D eigenvalue weighted by atomic mass is 9.90. The highest BCUT2D eigenvalue weighted by Crippen LogP contribution is 2.42. The number of benzene rings is 1. The van der Waals surface area contributed by atoms with E-state index in [1.807, 2.05) is 18.2 Å². The molecule has 116 valence electrons. The number of ether oxygens (including phenoxy) is 1. The third kappa shape index (κ3) is 2.80. The van der Waals surface area contributed by atoms with Crippen molar-refractivity contribution in [2.45, 2.75) is 38.3 Å². The van der Waals surface area contributed by atoms with Crippen molar-refractivity contribution in [2.24, 2.45) is 0 Å². The average molecular weight is 307 g/mol. The van der Waals surface area contributed by atoms with Crippen LogP contribution in [-0.2, 0) is 12.6 Å². The van der Waals surface area contributed by atoms with Gasteiger partial charge < -0.3 is 4.74 Å². The monoisotopic (exact) mass is 307 g/mol. The minimum atomic E-state index is -4.42. The summed E-state index contributed by atoms with van der Waals surface area (Å²) < 4.78 is 44.3. The fourth-order valence-corrected chi connectivity index (χ4v) is 2.85. The summed E-state index contributed by atoms with van der Waals surface area (Å²) in [5.74, 6) is 1.05. The fraction of sp³-hybridized carbons (Fsp3) is 0.353. The first kappa shape index (κ1) is 14.9. The molecule has 0 saturated heterocycles. The molecule has 2 aromatic rings. The molecule has 0 radical (unpaired) electrons. The first-order valence-electron chi connectivity index (χ1n) is 7.32. The molecule has 0 saturated carbocycles. The molecule has 3 rings (SSSR count). The average Bonchev–Trinajstić information content (AvgIpc) is 2.62. The van der Waals surface area contributed by atoms with Crippen LogP contribution in [0.25, 0.3) is 0 Å². The van der Waals surface area contributed by atoms with Gasteiger partial charge in [0.1, 0.15) is 11.5 Å². The van der Waals surface area contributed by atoms with Gasteiger partial charge in [-0.1, -0.05) is 31.5 Å². The van der Waals surface area contributed by atoms with Gasteiger partial charge in [-0.15, -0.1) is 0 Å². The Morgan fingerprint density at radius 3 is 2.73 bits per heavy atom. The van der Waals surface area contributed by atoms with Crippen LogP contribution in [0.1, 0.15) is 42.5 Å². The molecule has 0 spiro atoms. The SMILES string of the molecule is CCCC1Cc2ncc(C(F)(F)F)cc2Oc2ccccc21. The summed E-state index contributed by atoms with van der Waals surface area (Å²) in [5.41, 5.74) is 0.844. The van der Waals surface area contributed by atoms with Gasteiger partial charge in [0.2, 0.25) is 0 Å². The Labute approximate surface area is 127 Å². The molecule has 0 aliphatic carbocycles. The number of rotatable bonds is 2. The van der Waals surface area contributed by atoms with Gasteiger partial charge in [-0.3, -0.25) is 4.98 Å². The number of pyridine rings is 1. The highest BCUT2D eigenvalue weighted by molar-refractivity contribution is 5.46. The maximum absolute atomic E-state index is 12.9. The highest BCUT2D eigenvalue weighted by Gasteiger charge is 2.33. The minimum Gasteiger partial charge on any atom is -0.455 e. The molecule has 0 amide bonds. The number of para-hydroxylation sites is 1. The molecule has 0 N–H and O–H groups in total. The molecular formula is C17H16F3NO. The second-order valence-electron chi connectivity index (χ2n) is 5.50. The standard InChI is InChI=1S/C17H16F3NO/c1-2-5-11-8-14-16(9-12(10-21-14)17(18,19)20)22-15-7-4-3-6-13(11)15/h3-4,6-7,9-11H,2,5,8H2,1H3. The van der Waals surface area contributed by atoms with Crippen LogP contribution in [-0.4, -0.2) is 4.98 Å². The van der Waals surface area contributed by atoms with Crippen LogP contribution in [0.15, 0.2) is 36.5 Å². The molecule has 2 nitrogen and oxygen atoms in total. The van der Waals surface area contributed by atoms with Gasteiger partial charge in [-0.05, 0) is 30.0 Å². The summed E-state index contributed by atoms with van der Waals surface area (Å²) in [6.45, 7) is 2.09. The van der Waals surface area contributed by atoms with Crippen LogP contribution in [0.3, 0.4) is 0 Å². The van der Waals surface area contributed by atoms with E-state index in [1.165, 1.54) is 0 Å². The van der Waals surface area contributed by atoms with Gasteiger partial charge in [0.25, 0.3) is 0 Å². The van der Waals surface area contributed by atoms with E-state index in [1.54, 1.807) is 6.07 Å². The highest BCUT2D eigenvalue weighted by atomic mass is 19.4. The Hall–Kier alpha value is -2.04. The number of alkyl halides is 3. The van der Waals surface area contributed by atoms with Gasteiger partial charge in [0, 0.05) is 12.6 Å². The summed E-state index contributed by atoms with van der Waals surface area (Å²) in [6, 6.07) is 8.58. The Kier molecular flexibility index (Phi) is 3.81. The van der Waals surface area contributed by atoms with Crippen LogP contribution >= 0.6 is 0 Å². The van der Waals surface area contributed by atoms with Gasteiger partial charge >= 0.3 is 6.18 Å². The number of hydrogen-bond acceptors (Lipinski definition) is 2. The zero-order valence-electron chi connectivity index (χ0n) is 12.2. The van der Waals surface area contributed by atoms with E-state index < -0.39 is 11.7 Å². The molecule has 2 heterocycles. The van der Waals surface area contributed by atoms with E-state index in [2.05, 4.69) is 11.9 Å². The summed E-state index contributed by atoms with van der Waals surface area (Å²) in [7, 11) is 0. The molecule has 1 atom stereocenters. The number of nitrogens with zero attached hydrogens (tertiary/aromatic N) is 1. The van der Waals surface area contributed by atoms with E-state index in [0.717, 1.165) is 30.7 Å². The maximum Gasteiger partial charge on any atom is 0.418 e. The van der Waals surface area contributed by atoms with Crippen LogP contribution in [0.2, 0.25) is 0 Å². The smallest absolute Gasteiger partial charge is 0.418 e. The molecular weight excluding hydrogens is 291 g/mol. The number of fused-ring (bicyclic) bond motifs is 2. The van der Waals surface area contributed by atoms with Crippen molar-refractivity contribution in [3.63, 3.8) is 0 Å². The topological polar surface area (TPSA) is 22.1 Å². The molecule has 1 aromatic heterocycles. The molecule has 1 aromatic carbocycles. The van der Waals surface area contributed by atoms with E-state index in [0.29, 0.717) is 17.9 Å².